The first kappa shape index (κ1) is 5.69. The molecule has 0 amide bonds. The third-order valence-electron chi connectivity index (χ3n) is 2.97. The molecule has 2 fully saturated rings. The molecule has 0 aromatic heterocycles. The Kier molecular flexibility index (Phi) is 1.08. The number of rotatable bonds is 0. The molecule has 3 atom stereocenters. The fourth-order valence-corrected chi connectivity index (χ4v) is 2.25. The van der Waals surface area contributed by atoms with Crippen LogP contribution in [0.2, 0.25) is 0 Å². The minimum Gasteiger partial charge on any atom is -0.315 e. The summed E-state index contributed by atoms with van der Waals surface area (Å²) in [5.41, 5.74) is 5.89. The molecule has 3 unspecified atom stereocenters. The molecule has 9 heavy (non-hydrogen) atoms. The zero-order valence-corrected chi connectivity index (χ0v) is 5.88. The normalized spacial score (nSPS) is 50.7. The summed E-state index contributed by atoms with van der Waals surface area (Å²) in [5.74, 6) is 0.819. The smallest absolute Gasteiger partial charge is 0.0601 e. The van der Waals surface area contributed by atoms with E-state index in [1.54, 1.807) is 0 Å². The lowest BCUT2D eigenvalue weighted by Gasteiger charge is -2.28. The van der Waals surface area contributed by atoms with Gasteiger partial charge < -0.3 is 5.73 Å². The molecule has 0 spiro atoms. The second-order valence-corrected chi connectivity index (χ2v) is 3.38. The number of nitrogens with zero attached hydrogens (tertiary/aromatic N) is 1. The van der Waals surface area contributed by atoms with Gasteiger partial charge in [-0.1, -0.05) is 0 Å². The monoisotopic (exact) mass is 126 g/mol. The molecular formula is C7H14N2. The number of nitrogens with two attached hydrogens (primary N) is 1. The summed E-state index contributed by atoms with van der Waals surface area (Å²) < 4.78 is 0. The van der Waals surface area contributed by atoms with Crippen molar-refractivity contribution < 1.29 is 0 Å². The minimum absolute atomic E-state index is 0.378. The van der Waals surface area contributed by atoms with Gasteiger partial charge in [0.1, 0.15) is 0 Å². The van der Waals surface area contributed by atoms with E-state index in [0.29, 0.717) is 6.17 Å². The van der Waals surface area contributed by atoms with Crippen LogP contribution in [0.15, 0.2) is 0 Å². The molecule has 1 aliphatic heterocycles. The Labute approximate surface area is 56.0 Å². The highest BCUT2D eigenvalue weighted by Crippen LogP contribution is 2.38. The van der Waals surface area contributed by atoms with Gasteiger partial charge in [0, 0.05) is 6.04 Å². The summed E-state index contributed by atoms with van der Waals surface area (Å²) in [7, 11) is 2.15. The zero-order chi connectivity index (χ0) is 6.43. The van der Waals surface area contributed by atoms with Crippen LogP contribution in [0.1, 0.15) is 19.3 Å². The maximum Gasteiger partial charge on any atom is 0.0601 e. The summed E-state index contributed by atoms with van der Waals surface area (Å²) >= 11 is 0. The van der Waals surface area contributed by atoms with Gasteiger partial charge in [-0.3, -0.25) is 4.90 Å². The maximum absolute atomic E-state index is 5.89. The molecule has 52 valence electrons. The first-order chi connectivity index (χ1) is 4.29. The highest BCUT2D eigenvalue weighted by molar-refractivity contribution is 4.94. The van der Waals surface area contributed by atoms with Crippen molar-refractivity contribution in [2.24, 2.45) is 11.7 Å². The molecule has 1 heterocycles. The van der Waals surface area contributed by atoms with Crippen LogP contribution in [0.3, 0.4) is 0 Å². The van der Waals surface area contributed by atoms with Crippen LogP contribution in [-0.4, -0.2) is 24.2 Å². The van der Waals surface area contributed by atoms with E-state index >= 15 is 0 Å². The van der Waals surface area contributed by atoms with Crippen molar-refractivity contribution in [3.8, 4) is 0 Å². The van der Waals surface area contributed by atoms with Crippen molar-refractivity contribution in [2.45, 2.75) is 31.5 Å². The standard InChI is InChI=1S/C7H14N2/c1-9-6-3-2-5(4-6)7(9)8/h5-7H,2-4,8H2,1H3. The van der Waals surface area contributed by atoms with Crippen LogP contribution in [0.25, 0.3) is 0 Å². The van der Waals surface area contributed by atoms with Crippen LogP contribution in [0, 0.1) is 5.92 Å². The van der Waals surface area contributed by atoms with Gasteiger partial charge in [0.2, 0.25) is 0 Å². The minimum atomic E-state index is 0.378. The molecule has 2 bridgehead atoms. The Bertz CT molecular complexity index is 106. The predicted molar refractivity (Wildman–Crippen MR) is 36.9 cm³/mol. The van der Waals surface area contributed by atoms with Gasteiger partial charge in [0.25, 0.3) is 0 Å². The van der Waals surface area contributed by atoms with E-state index in [1.807, 2.05) is 0 Å². The fourth-order valence-electron chi connectivity index (χ4n) is 2.25. The van der Waals surface area contributed by atoms with Gasteiger partial charge in [-0.15, -0.1) is 0 Å². The SMILES string of the molecule is CN1C2CCC(C2)C1N. The lowest BCUT2D eigenvalue weighted by Crippen LogP contribution is -2.43. The highest BCUT2D eigenvalue weighted by Gasteiger charge is 2.41. The lowest BCUT2D eigenvalue weighted by atomic mass is 10.1. The molecule has 2 aliphatic rings. The molecule has 1 saturated heterocycles. The topological polar surface area (TPSA) is 29.3 Å². The lowest BCUT2D eigenvalue weighted by molar-refractivity contribution is 0.181. The van der Waals surface area contributed by atoms with Crippen LogP contribution >= 0.6 is 0 Å². The van der Waals surface area contributed by atoms with Gasteiger partial charge in [-0.2, -0.15) is 0 Å². The first-order valence-electron chi connectivity index (χ1n) is 3.76. The Morgan fingerprint density at radius 3 is 2.56 bits per heavy atom. The number of likely N-dealkylation sites (tertiary alicyclic amines) is 1. The van der Waals surface area contributed by atoms with Crippen molar-refractivity contribution in [3.63, 3.8) is 0 Å². The number of hydrogen-bond acceptors (Lipinski definition) is 2. The van der Waals surface area contributed by atoms with E-state index in [0.717, 1.165) is 12.0 Å². The number of piperidine rings is 1. The Hall–Kier alpha value is -0.0800. The molecule has 1 saturated carbocycles. The zero-order valence-electron chi connectivity index (χ0n) is 5.88. The second-order valence-electron chi connectivity index (χ2n) is 3.38. The van der Waals surface area contributed by atoms with Gasteiger partial charge in [0.15, 0.2) is 0 Å². The van der Waals surface area contributed by atoms with E-state index in [1.165, 1.54) is 19.3 Å². The molecule has 0 aromatic rings. The third-order valence-corrected chi connectivity index (χ3v) is 2.97. The summed E-state index contributed by atoms with van der Waals surface area (Å²) in [5, 5.41) is 0. The number of hydrogen-bond donors (Lipinski definition) is 1. The van der Waals surface area contributed by atoms with Crippen molar-refractivity contribution in [3.05, 3.63) is 0 Å². The maximum atomic E-state index is 5.89. The van der Waals surface area contributed by atoms with Gasteiger partial charge in [-0.25, -0.2) is 0 Å². The fraction of sp³-hybridized carbons (Fsp3) is 1.00. The molecule has 0 radical (unpaired) electrons. The second kappa shape index (κ2) is 1.70. The third kappa shape index (κ3) is 0.634. The van der Waals surface area contributed by atoms with E-state index < -0.39 is 0 Å². The molecule has 2 N–H and O–H groups in total. The van der Waals surface area contributed by atoms with Crippen molar-refractivity contribution in [2.75, 3.05) is 7.05 Å². The van der Waals surface area contributed by atoms with Gasteiger partial charge in [-0.05, 0) is 32.2 Å². The number of fused-ring (bicyclic) bond motifs is 2. The molecule has 2 nitrogen and oxygen atoms in total. The molecule has 2 heteroatoms. The van der Waals surface area contributed by atoms with E-state index in [9.17, 15) is 0 Å². The van der Waals surface area contributed by atoms with Crippen molar-refractivity contribution in [1.29, 1.82) is 0 Å². The Morgan fingerprint density at radius 2 is 2.22 bits per heavy atom. The van der Waals surface area contributed by atoms with Gasteiger partial charge in [0.05, 0.1) is 6.17 Å². The van der Waals surface area contributed by atoms with E-state index in [-0.39, 0.29) is 0 Å². The molecule has 1 aliphatic carbocycles. The van der Waals surface area contributed by atoms with Crippen molar-refractivity contribution in [1.82, 2.24) is 4.90 Å². The average molecular weight is 126 g/mol. The summed E-state index contributed by atoms with van der Waals surface area (Å²) in [6, 6.07) is 0.824. The Balaban J connectivity index is 2.15. The predicted octanol–water partition coefficient (Wildman–Crippen LogP) is 0.385. The first-order valence-corrected chi connectivity index (χ1v) is 3.76. The van der Waals surface area contributed by atoms with Crippen LogP contribution in [-0.2, 0) is 0 Å². The Morgan fingerprint density at radius 1 is 1.44 bits per heavy atom. The van der Waals surface area contributed by atoms with Crippen molar-refractivity contribution >= 4 is 0 Å². The molecule has 0 aromatic carbocycles. The summed E-state index contributed by atoms with van der Waals surface area (Å²) in [4.78, 5) is 2.33. The highest BCUT2D eigenvalue weighted by atomic mass is 15.3. The quantitative estimate of drug-likeness (QED) is 0.508. The van der Waals surface area contributed by atoms with Crippen LogP contribution in [0.4, 0.5) is 0 Å². The van der Waals surface area contributed by atoms with E-state index in [2.05, 4.69) is 11.9 Å². The van der Waals surface area contributed by atoms with Crippen LogP contribution < -0.4 is 5.73 Å². The molecule has 2 rings (SSSR count). The molecular weight excluding hydrogens is 112 g/mol. The van der Waals surface area contributed by atoms with E-state index in [4.69, 9.17) is 5.73 Å². The average Bonchev–Trinajstić information content (AvgIpc) is 2.37. The summed E-state index contributed by atoms with van der Waals surface area (Å²) in [6.45, 7) is 0. The van der Waals surface area contributed by atoms with Crippen LogP contribution in [0.5, 0.6) is 0 Å². The summed E-state index contributed by atoms with van der Waals surface area (Å²) in [6.07, 6.45) is 4.49. The largest absolute Gasteiger partial charge is 0.315 e. The van der Waals surface area contributed by atoms with Gasteiger partial charge >= 0.3 is 0 Å².